The SMILES string of the molecule is COc1ccc(CC(=O)Oc2cc(C)c3c(c2)O/C(=C\c2cccc(OC)c2)C3=O)cc1. The second-order valence-electron chi connectivity index (χ2n) is 7.33. The quantitative estimate of drug-likeness (QED) is 0.319. The summed E-state index contributed by atoms with van der Waals surface area (Å²) in [5, 5.41) is 0. The maximum absolute atomic E-state index is 12.9. The smallest absolute Gasteiger partial charge is 0.315 e. The van der Waals surface area contributed by atoms with Crippen molar-refractivity contribution >= 4 is 17.8 Å². The standard InChI is InChI=1S/C26H22O6/c1-16-11-21(31-24(27)14-17-7-9-19(29-2)10-8-17)15-22-25(16)26(28)23(32-22)13-18-5-4-6-20(12-18)30-3/h4-13,15H,14H2,1-3H3/b23-13-. The minimum atomic E-state index is -0.411. The van der Waals surface area contributed by atoms with Crippen LogP contribution in [0.5, 0.6) is 23.0 Å². The molecule has 3 aromatic rings. The molecule has 0 saturated heterocycles. The molecule has 0 N–H and O–H groups in total. The highest BCUT2D eigenvalue weighted by Crippen LogP contribution is 2.37. The number of esters is 1. The third kappa shape index (κ3) is 4.49. The van der Waals surface area contributed by atoms with Crippen LogP contribution in [-0.2, 0) is 11.2 Å². The van der Waals surface area contributed by atoms with Gasteiger partial charge in [-0.3, -0.25) is 9.59 Å². The van der Waals surface area contributed by atoms with Gasteiger partial charge >= 0.3 is 5.97 Å². The zero-order chi connectivity index (χ0) is 22.7. The Morgan fingerprint density at radius 3 is 2.41 bits per heavy atom. The predicted molar refractivity (Wildman–Crippen MR) is 119 cm³/mol. The number of ether oxygens (including phenoxy) is 4. The number of benzene rings is 3. The van der Waals surface area contributed by atoms with Crippen molar-refractivity contribution in [1.82, 2.24) is 0 Å². The predicted octanol–water partition coefficient (Wildman–Crippen LogP) is 4.78. The maximum atomic E-state index is 12.9. The van der Waals surface area contributed by atoms with Gasteiger partial charge in [0, 0.05) is 6.07 Å². The highest BCUT2D eigenvalue weighted by atomic mass is 16.5. The molecule has 6 heteroatoms. The van der Waals surface area contributed by atoms with E-state index in [1.54, 1.807) is 51.5 Å². The summed E-state index contributed by atoms with van der Waals surface area (Å²) in [5.74, 6) is 1.69. The van der Waals surface area contributed by atoms with E-state index >= 15 is 0 Å². The molecule has 32 heavy (non-hydrogen) atoms. The largest absolute Gasteiger partial charge is 0.497 e. The Bertz CT molecular complexity index is 1210. The third-order valence-corrected chi connectivity index (χ3v) is 5.07. The van der Waals surface area contributed by atoms with E-state index in [9.17, 15) is 9.59 Å². The van der Waals surface area contributed by atoms with Crippen molar-refractivity contribution in [2.24, 2.45) is 0 Å². The normalized spacial score (nSPS) is 13.5. The van der Waals surface area contributed by atoms with E-state index in [4.69, 9.17) is 18.9 Å². The molecule has 0 radical (unpaired) electrons. The molecule has 0 amide bonds. The van der Waals surface area contributed by atoms with Crippen molar-refractivity contribution in [2.45, 2.75) is 13.3 Å². The van der Waals surface area contributed by atoms with Gasteiger partial charge in [0.15, 0.2) is 5.76 Å². The second kappa shape index (κ2) is 8.98. The number of methoxy groups -OCH3 is 2. The van der Waals surface area contributed by atoms with Gasteiger partial charge in [-0.1, -0.05) is 24.3 Å². The highest BCUT2D eigenvalue weighted by molar-refractivity contribution is 6.15. The minimum Gasteiger partial charge on any atom is -0.497 e. The van der Waals surface area contributed by atoms with Crippen LogP contribution >= 0.6 is 0 Å². The zero-order valence-electron chi connectivity index (χ0n) is 18.0. The number of carbonyl (C=O) groups is 2. The number of hydrogen-bond donors (Lipinski definition) is 0. The molecule has 0 unspecified atom stereocenters. The number of ketones is 1. The number of allylic oxidation sites excluding steroid dienone is 1. The number of Topliss-reactive ketones (excluding diaryl/α,β-unsaturated/α-hetero) is 1. The first-order valence-electron chi connectivity index (χ1n) is 10.0. The van der Waals surface area contributed by atoms with Crippen LogP contribution in [0.15, 0.2) is 66.4 Å². The summed E-state index contributed by atoms with van der Waals surface area (Å²) in [5.41, 5.74) is 2.73. The Hall–Kier alpha value is -4.06. The van der Waals surface area contributed by atoms with Crippen LogP contribution in [0.4, 0.5) is 0 Å². The minimum absolute atomic E-state index is 0.112. The Kier molecular flexibility index (Phi) is 5.94. The zero-order valence-corrected chi connectivity index (χ0v) is 18.0. The van der Waals surface area contributed by atoms with Gasteiger partial charge < -0.3 is 18.9 Å². The van der Waals surface area contributed by atoms with Gasteiger partial charge in [-0.25, -0.2) is 0 Å². The molecule has 162 valence electrons. The summed E-state index contributed by atoms with van der Waals surface area (Å²) in [4.78, 5) is 25.3. The van der Waals surface area contributed by atoms with E-state index in [-0.39, 0.29) is 18.0 Å². The van der Waals surface area contributed by atoms with Gasteiger partial charge in [0.1, 0.15) is 23.0 Å². The van der Waals surface area contributed by atoms with Crippen LogP contribution < -0.4 is 18.9 Å². The van der Waals surface area contributed by atoms with Crippen molar-refractivity contribution < 1.29 is 28.5 Å². The lowest BCUT2D eigenvalue weighted by atomic mass is 10.0. The first-order valence-corrected chi connectivity index (χ1v) is 10.0. The molecule has 0 bridgehead atoms. The van der Waals surface area contributed by atoms with Crippen LogP contribution in [0.25, 0.3) is 6.08 Å². The van der Waals surface area contributed by atoms with Gasteiger partial charge in [-0.05, 0) is 60.0 Å². The molecule has 4 rings (SSSR count). The van der Waals surface area contributed by atoms with Gasteiger partial charge in [-0.15, -0.1) is 0 Å². The molecule has 0 aromatic heterocycles. The third-order valence-electron chi connectivity index (χ3n) is 5.07. The summed E-state index contributed by atoms with van der Waals surface area (Å²) in [7, 11) is 3.17. The second-order valence-corrected chi connectivity index (χ2v) is 7.33. The summed E-state index contributed by atoms with van der Waals surface area (Å²) >= 11 is 0. The van der Waals surface area contributed by atoms with Crippen LogP contribution in [0.3, 0.4) is 0 Å². The number of carbonyl (C=O) groups excluding carboxylic acids is 2. The first-order chi connectivity index (χ1) is 15.5. The summed E-state index contributed by atoms with van der Waals surface area (Å²) in [6.07, 6.45) is 1.78. The van der Waals surface area contributed by atoms with Gasteiger partial charge in [-0.2, -0.15) is 0 Å². The molecule has 6 nitrogen and oxygen atoms in total. The molecule has 1 heterocycles. The molecule has 1 aliphatic rings. The lowest BCUT2D eigenvalue weighted by Crippen LogP contribution is -2.11. The monoisotopic (exact) mass is 430 g/mol. The van der Waals surface area contributed by atoms with Crippen LogP contribution in [0, 0.1) is 6.92 Å². The molecule has 1 aliphatic heterocycles. The van der Waals surface area contributed by atoms with Crippen molar-refractivity contribution in [3.63, 3.8) is 0 Å². The maximum Gasteiger partial charge on any atom is 0.315 e. The van der Waals surface area contributed by atoms with E-state index in [1.165, 1.54) is 0 Å². The Balaban J connectivity index is 1.51. The topological polar surface area (TPSA) is 71.1 Å². The molecular weight excluding hydrogens is 408 g/mol. The summed E-state index contributed by atoms with van der Waals surface area (Å²) in [6.45, 7) is 1.79. The lowest BCUT2D eigenvalue weighted by molar-refractivity contribution is -0.133. The molecule has 0 aliphatic carbocycles. The van der Waals surface area contributed by atoms with Crippen molar-refractivity contribution in [1.29, 1.82) is 0 Å². The highest BCUT2D eigenvalue weighted by Gasteiger charge is 2.30. The van der Waals surface area contributed by atoms with E-state index in [1.807, 2.05) is 36.4 Å². The van der Waals surface area contributed by atoms with Crippen molar-refractivity contribution in [2.75, 3.05) is 14.2 Å². The molecule has 0 fully saturated rings. The van der Waals surface area contributed by atoms with Crippen LogP contribution in [0.2, 0.25) is 0 Å². The van der Waals surface area contributed by atoms with Gasteiger partial charge in [0.25, 0.3) is 0 Å². The Morgan fingerprint density at radius 2 is 1.69 bits per heavy atom. The number of aryl methyl sites for hydroxylation is 1. The molecule has 0 saturated carbocycles. The van der Waals surface area contributed by atoms with E-state index < -0.39 is 5.97 Å². The average Bonchev–Trinajstić information content (AvgIpc) is 3.09. The number of hydrogen-bond acceptors (Lipinski definition) is 6. The van der Waals surface area contributed by atoms with Crippen LogP contribution in [0.1, 0.15) is 27.0 Å². The number of rotatable bonds is 6. The van der Waals surface area contributed by atoms with E-state index in [0.29, 0.717) is 28.4 Å². The van der Waals surface area contributed by atoms with Gasteiger partial charge in [0.2, 0.25) is 5.78 Å². The Morgan fingerprint density at radius 1 is 0.938 bits per heavy atom. The fourth-order valence-corrected chi connectivity index (χ4v) is 3.50. The first kappa shape index (κ1) is 21.2. The van der Waals surface area contributed by atoms with Crippen molar-refractivity contribution in [3.05, 3.63) is 88.7 Å². The fourth-order valence-electron chi connectivity index (χ4n) is 3.50. The van der Waals surface area contributed by atoms with Gasteiger partial charge in [0.05, 0.1) is 26.2 Å². The summed E-state index contributed by atoms with van der Waals surface area (Å²) in [6, 6.07) is 17.8. The van der Waals surface area contributed by atoms with Crippen LogP contribution in [-0.4, -0.2) is 26.0 Å². The molecule has 0 atom stereocenters. The Labute approximate surface area is 186 Å². The fraction of sp³-hybridized carbons (Fsp3) is 0.154. The molecule has 3 aromatic carbocycles. The molecule has 0 spiro atoms. The lowest BCUT2D eigenvalue weighted by Gasteiger charge is -2.08. The van der Waals surface area contributed by atoms with Crippen molar-refractivity contribution in [3.8, 4) is 23.0 Å². The number of fused-ring (bicyclic) bond motifs is 1. The van der Waals surface area contributed by atoms with E-state index in [0.717, 1.165) is 16.9 Å². The average molecular weight is 430 g/mol. The summed E-state index contributed by atoms with van der Waals surface area (Å²) < 4.78 is 21.7. The molecular formula is C26H22O6. The van der Waals surface area contributed by atoms with E-state index in [2.05, 4.69) is 0 Å².